The molecule has 0 radical (unpaired) electrons. The second kappa shape index (κ2) is 107. The minimum absolute atomic E-state index is 0.00562. The predicted octanol–water partition coefficient (Wildman–Crippen LogP) is 38.2. The van der Waals surface area contributed by atoms with Gasteiger partial charge in [-0.1, -0.05) is 532 Å². The van der Waals surface area contributed by atoms with Crippen LogP contribution in [0.4, 0.5) is 0 Å². The summed E-state index contributed by atoms with van der Waals surface area (Å²) in [5.41, 5.74) is -1.32. The molecule has 0 aromatic carbocycles. The number of carboxylic acid groups (broad SMARTS) is 2. The molecule has 1 heterocycles. The number of hydrogen-bond donors (Lipinski definition) is 2. The summed E-state index contributed by atoms with van der Waals surface area (Å²) >= 11 is 0. The van der Waals surface area contributed by atoms with E-state index in [1.54, 1.807) is 0 Å². The molecule has 1 aliphatic heterocycles. The number of nitrogens with zero attached hydrogens (tertiary/aromatic N) is 5. The number of ether oxygens (including phenoxy) is 3. The van der Waals surface area contributed by atoms with Gasteiger partial charge in [0.25, 0.3) is 0 Å². The first-order chi connectivity index (χ1) is 71.1. The largest absolute Gasteiger partial charge is 0.481 e. The van der Waals surface area contributed by atoms with Crippen LogP contribution in [0.3, 0.4) is 0 Å². The summed E-state index contributed by atoms with van der Waals surface area (Å²) < 4.78 is 19.0. The van der Waals surface area contributed by atoms with Crippen molar-refractivity contribution in [2.45, 2.75) is 660 Å². The fourth-order valence-electron chi connectivity index (χ4n) is 23.2. The van der Waals surface area contributed by atoms with Crippen molar-refractivity contribution < 1.29 is 48.4 Å². The Hall–Kier alpha value is -2.85. The molecule has 0 amide bonds. The molecule has 15 nitrogen and oxygen atoms in total. The molecule has 0 aliphatic carbocycles. The maximum Gasteiger partial charge on any atom is 0.309 e. The van der Waals surface area contributed by atoms with Crippen LogP contribution in [0.1, 0.15) is 660 Å². The normalized spacial score (nSPS) is 14.3. The van der Waals surface area contributed by atoms with Crippen LogP contribution in [0.25, 0.3) is 0 Å². The summed E-state index contributed by atoms with van der Waals surface area (Å²) in [7, 11) is 0. The average molecular weight is 2050 g/mol. The molecule has 860 valence electrons. The van der Waals surface area contributed by atoms with Crippen LogP contribution < -0.4 is 0 Å². The summed E-state index contributed by atoms with van der Waals surface area (Å²) in [6.45, 7) is 38.8. The third-order valence-corrected chi connectivity index (χ3v) is 33.6. The Morgan fingerprint density at radius 2 is 0.352 bits per heavy atom. The highest BCUT2D eigenvalue weighted by molar-refractivity contribution is 5.75. The van der Waals surface area contributed by atoms with Crippen molar-refractivity contribution in [3.63, 3.8) is 0 Å². The number of carbonyl (C=O) groups excluding carboxylic acids is 3. The van der Waals surface area contributed by atoms with Crippen molar-refractivity contribution in [2.24, 2.45) is 28.6 Å². The molecular weight excluding hydrogens is 1790 g/mol. The topological polar surface area (TPSA) is 170 Å². The smallest absolute Gasteiger partial charge is 0.309 e. The number of piperazine rings is 1. The van der Waals surface area contributed by atoms with Crippen molar-refractivity contribution in [3.8, 4) is 0 Å². The van der Waals surface area contributed by atoms with Crippen LogP contribution in [0, 0.1) is 28.6 Å². The van der Waals surface area contributed by atoms with Gasteiger partial charge in [0, 0.05) is 65.4 Å². The third-order valence-electron chi connectivity index (χ3n) is 33.6. The summed E-state index contributed by atoms with van der Waals surface area (Å²) in [5, 5.41) is 22.7. The number of carbonyl (C=O) groups is 5. The molecule has 1 saturated heterocycles. The fourth-order valence-corrected chi connectivity index (χ4v) is 23.2. The van der Waals surface area contributed by atoms with Crippen LogP contribution in [0.2, 0.25) is 0 Å². The van der Waals surface area contributed by atoms with E-state index >= 15 is 0 Å². The average Bonchev–Trinajstić information content (AvgIpc) is 0.841. The van der Waals surface area contributed by atoms with Gasteiger partial charge < -0.3 is 39.1 Å². The van der Waals surface area contributed by atoms with E-state index < -0.39 is 22.8 Å². The van der Waals surface area contributed by atoms with Gasteiger partial charge in [-0.05, 0) is 161 Å². The summed E-state index contributed by atoms with van der Waals surface area (Å²) in [6.07, 6.45) is 106. The molecule has 5 unspecified atom stereocenters. The van der Waals surface area contributed by atoms with Gasteiger partial charge in [0.15, 0.2) is 0 Å². The molecule has 0 bridgehead atoms. The van der Waals surface area contributed by atoms with Gasteiger partial charge in [-0.3, -0.25) is 33.8 Å². The zero-order valence-corrected chi connectivity index (χ0v) is 99.4. The predicted molar refractivity (Wildman–Crippen MR) is 627 cm³/mol. The van der Waals surface area contributed by atoms with Gasteiger partial charge in [-0.2, -0.15) is 0 Å². The van der Waals surface area contributed by atoms with E-state index in [0.29, 0.717) is 19.8 Å². The Labute approximate surface area is 903 Å². The number of rotatable bonds is 119. The van der Waals surface area contributed by atoms with Crippen LogP contribution in [-0.2, 0) is 38.2 Å². The van der Waals surface area contributed by atoms with E-state index in [2.05, 4.69) is 93.7 Å². The molecule has 1 aliphatic rings. The standard InChI is InChI=1S/C130H255N5O10/c1-11-21-31-41-51-56-64-74-94-121(91-71-61-46-36-26-16-6)124(136)143-118-88-85-105-132(106-86-89-119-144-125(137)122(92-72-62-47-37-27-17-7)95-75-65-57-52-42-32-22-12-2)108-110-133(107-87-90-120-145-126(138)123(93-73-63-48-38-28-18-8)96-76-66-58-53-43-33-23-13-3)111-113-135-116-114-134(115-117-135)112-109-131(103-83-81-101-129(127(139)140,97-77-67-49-39-29-19-9)99-79-69-59-54-44-34-24-14-4)104-84-82-102-130(128(141)142,98-78-68-50-40-30-20-10)100-80-70-60-55-45-35-25-15-5/h121-123H,11-120H2,1-10H3,(H,139,140)(H,141,142). The van der Waals surface area contributed by atoms with Crippen LogP contribution in [0.5, 0.6) is 0 Å². The lowest BCUT2D eigenvalue weighted by atomic mass is 9.74. The third kappa shape index (κ3) is 84.2. The highest BCUT2D eigenvalue weighted by Gasteiger charge is 2.39. The number of esters is 3. The van der Waals surface area contributed by atoms with E-state index in [-0.39, 0.29) is 35.7 Å². The van der Waals surface area contributed by atoms with Crippen LogP contribution in [0.15, 0.2) is 0 Å². The molecule has 0 aromatic heterocycles. The minimum atomic E-state index is -0.661. The Bertz CT molecular complexity index is 2610. The zero-order valence-electron chi connectivity index (χ0n) is 99.4. The zero-order chi connectivity index (χ0) is 105. The van der Waals surface area contributed by atoms with Crippen molar-refractivity contribution in [1.82, 2.24) is 24.5 Å². The number of hydrogen-bond acceptors (Lipinski definition) is 13. The van der Waals surface area contributed by atoms with E-state index in [1.165, 1.54) is 360 Å². The summed E-state index contributed by atoms with van der Waals surface area (Å²) in [6, 6.07) is 0. The Morgan fingerprint density at radius 3 is 0.538 bits per heavy atom. The molecule has 5 atom stereocenters. The summed E-state index contributed by atoms with van der Waals surface area (Å²) in [4.78, 5) is 83.6. The summed E-state index contributed by atoms with van der Waals surface area (Å²) in [5.74, 6) is -1.05. The van der Waals surface area contributed by atoms with Crippen molar-refractivity contribution in [3.05, 3.63) is 0 Å². The van der Waals surface area contributed by atoms with Gasteiger partial charge in [0.2, 0.25) is 0 Å². The highest BCUT2D eigenvalue weighted by atomic mass is 16.5. The Kier molecular flexibility index (Phi) is 103. The SMILES string of the molecule is CCCCCCCCCCC(CCCCCCCC)C(=O)OCCCCN(CCCCOC(=O)C(CCCCCCCC)CCCCCCCCCC)CCN(CCCCOC(=O)C(CCCCCCCC)CCCCCCCCCC)CCN1CCN(CCN(CCCCC(CCCCCCCC)(CCCCCCCCCC)C(=O)O)CCCCC(CCCCCCCC)(CCCCCCCCCC)C(=O)O)CC1. The van der Waals surface area contributed by atoms with Crippen molar-refractivity contribution >= 4 is 29.8 Å². The molecule has 0 saturated carbocycles. The second-order valence-electron chi connectivity index (χ2n) is 47.0. The maximum atomic E-state index is 14.2. The number of unbranched alkanes of at least 4 members (excludes halogenated alkanes) is 65. The van der Waals surface area contributed by atoms with E-state index in [0.717, 1.165) is 329 Å². The minimum Gasteiger partial charge on any atom is -0.481 e. The lowest BCUT2D eigenvalue weighted by molar-refractivity contribution is -0.151. The Balaban J connectivity index is 3.82. The Morgan fingerprint density at radius 1 is 0.200 bits per heavy atom. The van der Waals surface area contributed by atoms with Gasteiger partial charge >= 0.3 is 29.8 Å². The van der Waals surface area contributed by atoms with Gasteiger partial charge in [-0.25, -0.2) is 0 Å². The maximum absolute atomic E-state index is 14.2. The molecule has 1 rings (SSSR count). The molecular formula is C130H255N5O10. The van der Waals surface area contributed by atoms with Gasteiger partial charge in [0.05, 0.1) is 48.4 Å². The molecule has 0 aromatic rings. The van der Waals surface area contributed by atoms with Crippen LogP contribution >= 0.6 is 0 Å². The van der Waals surface area contributed by atoms with Gasteiger partial charge in [-0.15, -0.1) is 0 Å². The lowest BCUT2D eigenvalue weighted by Gasteiger charge is -2.37. The molecule has 2 N–H and O–H groups in total. The first-order valence-electron chi connectivity index (χ1n) is 65.7. The van der Waals surface area contributed by atoms with Crippen molar-refractivity contribution in [1.29, 1.82) is 0 Å². The first kappa shape index (κ1) is 140. The molecule has 15 heteroatoms. The molecule has 145 heavy (non-hydrogen) atoms. The van der Waals surface area contributed by atoms with E-state index in [4.69, 9.17) is 14.2 Å². The fraction of sp³-hybridized carbons (Fsp3) is 0.962. The molecule has 1 fully saturated rings. The van der Waals surface area contributed by atoms with E-state index in [9.17, 15) is 34.2 Å². The van der Waals surface area contributed by atoms with Crippen LogP contribution in [-0.4, -0.2) is 183 Å². The van der Waals surface area contributed by atoms with Gasteiger partial charge in [0.1, 0.15) is 0 Å². The first-order valence-corrected chi connectivity index (χ1v) is 65.7. The number of aliphatic carboxylic acids is 2. The lowest BCUT2D eigenvalue weighted by Crippen LogP contribution is -2.50. The van der Waals surface area contributed by atoms with Crippen molar-refractivity contribution in [2.75, 3.05) is 118 Å². The molecule has 0 spiro atoms. The highest BCUT2D eigenvalue weighted by Crippen LogP contribution is 2.41. The second-order valence-corrected chi connectivity index (χ2v) is 47.0. The quantitative estimate of drug-likeness (QED) is 0.0335. The monoisotopic (exact) mass is 2050 g/mol. The number of carboxylic acids is 2. The van der Waals surface area contributed by atoms with E-state index in [1.807, 2.05) is 0 Å².